The summed E-state index contributed by atoms with van der Waals surface area (Å²) in [6.07, 6.45) is 9.27. The van der Waals surface area contributed by atoms with Crippen molar-refractivity contribution in [3.05, 3.63) is 92.9 Å². The minimum atomic E-state index is -0.250. The molecule has 2 bridgehead atoms. The third-order valence-corrected chi connectivity index (χ3v) is 7.41. The zero-order chi connectivity index (χ0) is 22.9. The molecule has 5 rings (SSSR count). The lowest BCUT2D eigenvalue weighted by Crippen LogP contribution is -2.37. The van der Waals surface area contributed by atoms with Gasteiger partial charge in [-0.3, -0.25) is 9.59 Å². The number of halogens is 2. The molecular formula is C25H20Br2N4O2. The molecule has 2 N–H and O–H groups in total. The maximum Gasteiger partial charge on any atom is 0.271 e. The molecule has 0 aromatic heterocycles. The maximum atomic E-state index is 12.5. The van der Waals surface area contributed by atoms with Crippen molar-refractivity contribution in [3.8, 4) is 0 Å². The smallest absolute Gasteiger partial charge is 0.267 e. The number of hydrazone groups is 2. The lowest BCUT2D eigenvalue weighted by molar-refractivity contribution is 0.0946. The number of carbonyl (C=O) groups excluding carboxylic acids is 2. The fourth-order valence-corrected chi connectivity index (χ4v) is 5.34. The maximum absolute atomic E-state index is 12.5. The van der Waals surface area contributed by atoms with Crippen LogP contribution >= 0.6 is 31.9 Å². The van der Waals surface area contributed by atoms with E-state index in [4.69, 9.17) is 0 Å². The van der Waals surface area contributed by atoms with Crippen LogP contribution in [0.25, 0.3) is 0 Å². The lowest BCUT2D eigenvalue weighted by atomic mass is 9.74. The summed E-state index contributed by atoms with van der Waals surface area (Å²) in [6, 6.07) is 14.3. The Hall–Kier alpha value is -2.84. The second-order valence-electron chi connectivity index (χ2n) is 8.30. The highest BCUT2D eigenvalue weighted by molar-refractivity contribution is 9.10. The molecule has 0 unspecified atom stereocenters. The first-order valence-corrected chi connectivity index (χ1v) is 12.2. The van der Waals surface area contributed by atoms with Crippen molar-refractivity contribution in [2.75, 3.05) is 0 Å². The van der Waals surface area contributed by atoms with Crippen molar-refractivity contribution in [1.82, 2.24) is 10.9 Å². The molecule has 0 aliphatic heterocycles. The first-order valence-electron chi connectivity index (χ1n) is 10.6. The molecule has 6 nitrogen and oxygen atoms in total. The van der Waals surface area contributed by atoms with Crippen LogP contribution in [-0.4, -0.2) is 23.2 Å². The zero-order valence-corrected chi connectivity index (χ0v) is 20.6. The van der Waals surface area contributed by atoms with Gasteiger partial charge >= 0.3 is 0 Å². The molecule has 2 aromatic carbocycles. The van der Waals surface area contributed by atoms with Crippen molar-refractivity contribution in [2.24, 2.45) is 33.9 Å². The van der Waals surface area contributed by atoms with Crippen LogP contribution in [0.3, 0.4) is 0 Å². The SMILES string of the molecule is O=C(N/N=C1C=C/C(=N/NC(=O)c2ccc(Br)cc2)[C@H]2[C@@H]/1[C@H]1C=C[C@H]2C1)c1ccc(Br)cc1. The Morgan fingerprint density at radius 1 is 0.697 bits per heavy atom. The number of amides is 2. The fourth-order valence-electron chi connectivity index (χ4n) is 4.81. The number of hydrogen-bond acceptors (Lipinski definition) is 4. The summed E-state index contributed by atoms with van der Waals surface area (Å²) >= 11 is 6.75. The second-order valence-corrected chi connectivity index (χ2v) is 10.1. The van der Waals surface area contributed by atoms with E-state index in [0.29, 0.717) is 23.0 Å². The summed E-state index contributed by atoms with van der Waals surface area (Å²) in [6.45, 7) is 0. The van der Waals surface area contributed by atoms with Gasteiger partial charge in [-0.2, -0.15) is 10.2 Å². The van der Waals surface area contributed by atoms with E-state index in [-0.39, 0.29) is 23.7 Å². The summed E-state index contributed by atoms with van der Waals surface area (Å²) in [4.78, 5) is 25.0. The molecule has 0 radical (unpaired) electrons. The summed E-state index contributed by atoms with van der Waals surface area (Å²) in [7, 11) is 0. The Morgan fingerprint density at radius 2 is 1.09 bits per heavy atom. The van der Waals surface area contributed by atoms with Crippen LogP contribution in [0.15, 0.2) is 92.0 Å². The van der Waals surface area contributed by atoms with Gasteiger partial charge in [0.2, 0.25) is 0 Å². The van der Waals surface area contributed by atoms with E-state index in [1.165, 1.54) is 0 Å². The van der Waals surface area contributed by atoms with E-state index in [1.807, 2.05) is 36.4 Å². The molecule has 2 amide bonds. The number of rotatable bonds is 4. The molecule has 4 atom stereocenters. The van der Waals surface area contributed by atoms with E-state index < -0.39 is 0 Å². The molecule has 3 aliphatic carbocycles. The number of carbonyl (C=O) groups is 2. The summed E-state index contributed by atoms with van der Waals surface area (Å²) < 4.78 is 1.83. The number of allylic oxidation sites excluding steroid dienone is 4. The van der Waals surface area contributed by atoms with Gasteiger partial charge in [0.1, 0.15) is 0 Å². The van der Waals surface area contributed by atoms with E-state index in [2.05, 4.69) is 65.1 Å². The molecule has 2 aromatic rings. The van der Waals surface area contributed by atoms with Gasteiger partial charge in [-0.1, -0.05) is 44.0 Å². The van der Waals surface area contributed by atoms with Crippen LogP contribution in [0.4, 0.5) is 0 Å². The molecule has 1 fully saturated rings. The highest BCUT2D eigenvalue weighted by Gasteiger charge is 2.49. The average molecular weight is 568 g/mol. The van der Waals surface area contributed by atoms with Crippen LogP contribution in [0.2, 0.25) is 0 Å². The third kappa shape index (κ3) is 4.50. The van der Waals surface area contributed by atoms with Crippen molar-refractivity contribution in [2.45, 2.75) is 6.42 Å². The van der Waals surface area contributed by atoms with Gasteiger partial charge in [0, 0.05) is 31.9 Å². The highest BCUT2D eigenvalue weighted by Crippen LogP contribution is 2.50. The van der Waals surface area contributed by atoms with Gasteiger partial charge in [-0.25, -0.2) is 10.9 Å². The highest BCUT2D eigenvalue weighted by atomic mass is 79.9. The van der Waals surface area contributed by atoms with Gasteiger partial charge in [0.05, 0.1) is 11.4 Å². The van der Waals surface area contributed by atoms with Crippen LogP contribution < -0.4 is 10.9 Å². The Bertz CT molecular complexity index is 1120. The molecular weight excluding hydrogens is 548 g/mol. The Morgan fingerprint density at radius 3 is 1.48 bits per heavy atom. The van der Waals surface area contributed by atoms with Gasteiger partial charge in [0.25, 0.3) is 11.8 Å². The Labute approximate surface area is 208 Å². The predicted molar refractivity (Wildman–Crippen MR) is 135 cm³/mol. The van der Waals surface area contributed by atoms with E-state index in [9.17, 15) is 9.59 Å². The summed E-state index contributed by atoms with van der Waals surface area (Å²) in [5, 5.41) is 8.93. The molecule has 8 heteroatoms. The minimum Gasteiger partial charge on any atom is -0.267 e. The molecule has 0 heterocycles. The molecule has 0 spiro atoms. The van der Waals surface area contributed by atoms with Gasteiger partial charge < -0.3 is 0 Å². The summed E-state index contributed by atoms with van der Waals surface area (Å²) in [5.74, 6) is 0.443. The van der Waals surface area contributed by atoms with Crippen LogP contribution in [0.1, 0.15) is 27.1 Å². The van der Waals surface area contributed by atoms with E-state index >= 15 is 0 Å². The number of hydrogen-bond donors (Lipinski definition) is 2. The number of benzene rings is 2. The number of nitrogens with zero attached hydrogens (tertiary/aromatic N) is 2. The van der Waals surface area contributed by atoms with E-state index in [0.717, 1.165) is 26.8 Å². The van der Waals surface area contributed by atoms with Gasteiger partial charge in [0.15, 0.2) is 0 Å². The van der Waals surface area contributed by atoms with Crippen LogP contribution in [0, 0.1) is 23.7 Å². The third-order valence-electron chi connectivity index (χ3n) is 6.35. The molecule has 0 saturated heterocycles. The molecule has 3 aliphatic rings. The topological polar surface area (TPSA) is 82.9 Å². The Kier molecular flexibility index (Phi) is 6.12. The normalized spacial score (nSPS) is 27.1. The molecule has 33 heavy (non-hydrogen) atoms. The van der Waals surface area contributed by atoms with Gasteiger partial charge in [-0.05, 0) is 78.9 Å². The second kappa shape index (κ2) is 9.19. The lowest BCUT2D eigenvalue weighted by Gasteiger charge is -2.31. The van der Waals surface area contributed by atoms with Gasteiger partial charge in [-0.15, -0.1) is 0 Å². The number of nitrogens with one attached hydrogen (secondary N) is 2. The summed E-state index contributed by atoms with van der Waals surface area (Å²) in [5.41, 5.74) is 8.15. The first-order chi connectivity index (χ1) is 16.0. The van der Waals surface area contributed by atoms with Crippen molar-refractivity contribution in [1.29, 1.82) is 0 Å². The van der Waals surface area contributed by atoms with Crippen LogP contribution in [-0.2, 0) is 0 Å². The monoisotopic (exact) mass is 566 g/mol. The van der Waals surface area contributed by atoms with E-state index in [1.54, 1.807) is 24.3 Å². The van der Waals surface area contributed by atoms with Crippen molar-refractivity contribution < 1.29 is 9.59 Å². The standard InChI is InChI=1S/C25H20Br2N4O2/c26-18-7-3-14(4-8-18)24(32)30-28-20-11-12-21(23-17-2-1-16(13-17)22(20)23)29-31-25(33)15-5-9-19(27)10-6-15/h1-12,16-17,22-23H,13H2,(H,30,32)(H,31,33)/b28-20-,29-21-/t16-,17-,22-,23+/m0/s1. The first kappa shape index (κ1) is 22.0. The average Bonchev–Trinajstić information content (AvgIpc) is 3.45. The number of fused-ring (bicyclic) bond motifs is 5. The Balaban J connectivity index is 1.35. The minimum absolute atomic E-state index is 0.124. The molecule has 1 saturated carbocycles. The predicted octanol–water partition coefficient (Wildman–Crippen LogP) is 5.09. The van der Waals surface area contributed by atoms with Crippen LogP contribution in [0.5, 0.6) is 0 Å². The zero-order valence-electron chi connectivity index (χ0n) is 17.4. The van der Waals surface area contributed by atoms with Crippen molar-refractivity contribution in [3.63, 3.8) is 0 Å². The molecule has 166 valence electrons. The van der Waals surface area contributed by atoms with Crippen molar-refractivity contribution >= 4 is 55.1 Å². The largest absolute Gasteiger partial charge is 0.271 e. The quantitative estimate of drug-likeness (QED) is 0.398. The fraction of sp³-hybridized carbons (Fsp3) is 0.200.